The molecule has 0 saturated carbocycles. The predicted molar refractivity (Wildman–Crippen MR) is 211 cm³/mol. The van der Waals surface area contributed by atoms with Crippen molar-refractivity contribution in [3.8, 4) is 39.1 Å². The molecule has 1 nitrogen and oxygen atoms in total. The third-order valence-electron chi connectivity index (χ3n) is 11.7. The molecule has 0 bridgehead atoms. The van der Waals surface area contributed by atoms with Gasteiger partial charge in [0.25, 0.3) is 0 Å². The van der Waals surface area contributed by atoms with Gasteiger partial charge in [0.05, 0.1) is 5.52 Å². The molecule has 6 aromatic carbocycles. The monoisotopic (exact) mass is 649 g/mol. The maximum atomic E-state index is 2.64. The van der Waals surface area contributed by atoms with E-state index in [1.807, 2.05) is 11.3 Å². The standard InChI is InChI=1S/C47H39NS/c1-28-23-24-30(25-37(28)45-29(2)13-11-17-34(45)36-19-12-18-35-33-16-7-10-22-44(33)49-46(35)36)48-42-21-9-6-15-32(42)39-26-38-31-14-5-8-20-40(31)47(3,4)41(38)27-43(39)48/h5,7-8,10-14,16-20,22-27H,6,9,15,21H2,1-4H3. The summed E-state index contributed by atoms with van der Waals surface area (Å²) in [7, 11) is 0. The quantitative estimate of drug-likeness (QED) is 0.179. The summed E-state index contributed by atoms with van der Waals surface area (Å²) in [5.74, 6) is 0. The molecule has 238 valence electrons. The molecular formula is C47H39NS. The Bertz CT molecular complexity index is 2660. The molecule has 0 spiro atoms. The Morgan fingerprint density at radius 2 is 1.33 bits per heavy atom. The Labute approximate surface area is 292 Å². The number of rotatable bonds is 3. The van der Waals surface area contributed by atoms with E-state index < -0.39 is 0 Å². The zero-order chi connectivity index (χ0) is 33.0. The number of aromatic nitrogens is 1. The van der Waals surface area contributed by atoms with Crippen molar-refractivity contribution in [1.29, 1.82) is 0 Å². The summed E-state index contributed by atoms with van der Waals surface area (Å²) in [6.45, 7) is 9.37. The minimum atomic E-state index is -0.0299. The molecule has 0 amide bonds. The maximum absolute atomic E-state index is 2.64. The molecule has 2 aliphatic rings. The van der Waals surface area contributed by atoms with Gasteiger partial charge in [0.1, 0.15) is 0 Å². The highest BCUT2D eigenvalue weighted by Crippen LogP contribution is 2.51. The first-order valence-corrected chi connectivity index (χ1v) is 18.6. The normalized spacial score (nSPS) is 14.8. The summed E-state index contributed by atoms with van der Waals surface area (Å²) < 4.78 is 5.35. The first kappa shape index (κ1) is 29.0. The average molecular weight is 650 g/mol. The Hall–Kier alpha value is -4.92. The molecule has 0 radical (unpaired) electrons. The van der Waals surface area contributed by atoms with Gasteiger partial charge >= 0.3 is 0 Å². The van der Waals surface area contributed by atoms with Crippen molar-refractivity contribution in [3.63, 3.8) is 0 Å². The maximum Gasteiger partial charge on any atom is 0.0537 e. The molecule has 10 rings (SSSR count). The molecular weight excluding hydrogens is 611 g/mol. The number of hydrogen-bond acceptors (Lipinski definition) is 1. The summed E-state index contributed by atoms with van der Waals surface area (Å²) in [6, 6.07) is 43.9. The van der Waals surface area contributed by atoms with E-state index in [1.54, 1.807) is 5.56 Å². The van der Waals surface area contributed by atoms with Gasteiger partial charge < -0.3 is 4.57 Å². The van der Waals surface area contributed by atoms with Gasteiger partial charge in [-0.25, -0.2) is 0 Å². The van der Waals surface area contributed by atoms with Gasteiger partial charge in [0, 0.05) is 47.9 Å². The second-order valence-electron chi connectivity index (χ2n) is 14.8. The fourth-order valence-electron chi connectivity index (χ4n) is 9.26. The van der Waals surface area contributed by atoms with Gasteiger partial charge in [0.15, 0.2) is 0 Å². The number of benzene rings is 6. The minimum Gasteiger partial charge on any atom is -0.313 e. The fraction of sp³-hybridized carbons (Fsp3) is 0.191. The lowest BCUT2D eigenvalue weighted by atomic mass is 9.82. The molecule has 0 unspecified atom stereocenters. The van der Waals surface area contributed by atoms with Crippen molar-refractivity contribution >= 4 is 42.4 Å². The number of hydrogen-bond donors (Lipinski definition) is 0. The minimum absolute atomic E-state index is 0.0299. The van der Waals surface area contributed by atoms with Crippen LogP contribution in [0.4, 0.5) is 0 Å². The summed E-state index contributed by atoms with van der Waals surface area (Å²) in [5, 5.41) is 4.13. The van der Waals surface area contributed by atoms with Crippen LogP contribution in [-0.2, 0) is 18.3 Å². The van der Waals surface area contributed by atoms with Crippen LogP contribution < -0.4 is 0 Å². The highest BCUT2D eigenvalue weighted by molar-refractivity contribution is 7.26. The summed E-state index contributed by atoms with van der Waals surface area (Å²) >= 11 is 1.92. The topological polar surface area (TPSA) is 4.93 Å². The van der Waals surface area contributed by atoms with Crippen LogP contribution in [0.5, 0.6) is 0 Å². The molecule has 0 atom stereocenters. The van der Waals surface area contributed by atoms with Gasteiger partial charge in [-0.2, -0.15) is 0 Å². The molecule has 0 aliphatic heterocycles. The van der Waals surface area contributed by atoms with Crippen molar-refractivity contribution in [1.82, 2.24) is 4.57 Å². The van der Waals surface area contributed by atoms with Gasteiger partial charge in [0.2, 0.25) is 0 Å². The van der Waals surface area contributed by atoms with E-state index in [0.29, 0.717) is 0 Å². The van der Waals surface area contributed by atoms with E-state index in [-0.39, 0.29) is 5.41 Å². The van der Waals surface area contributed by atoms with Crippen LogP contribution >= 0.6 is 11.3 Å². The first-order valence-electron chi connectivity index (χ1n) is 17.8. The van der Waals surface area contributed by atoms with E-state index in [4.69, 9.17) is 0 Å². The molecule has 0 saturated heterocycles. The Balaban J connectivity index is 1.21. The van der Waals surface area contributed by atoms with E-state index in [2.05, 4.69) is 148 Å². The van der Waals surface area contributed by atoms with E-state index in [9.17, 15) is 0 Å². The summed E-state index contributed by atoms with van der Waals surface area (Å²) in [5.41, 5.74) is 19.3. The Morgan fingerprint density at radius 1 is 0.571 bits per heavy atom. The molecule has 2 aliphatic carbocycles. The SMILES string of the molecule is Cc1ccc(-n2c3c(c4cc5c(cc42)C(C)(C)c2ccccc2-5)CCCC3)cc1-c1c(C)cccc1-c1cccc2c1sc1ccccc12. The van der Waals surface area contributed by atoms with Gasteiger partial charge in [-0.1, -0.05) is 98.8 Å². The van der Waals surface area contributed by atoms with Gasteiger partial charge in [-0.15, -0.1) is 11.3 Å². The first-order chi connectivity index (χ1) is 23.9. The predicted octanol–water partition coefficient (Wildman–Crippen LogP) is 13.1. The third-order valence-corrected chi connectivity index (χ3v) is 12.9. The highest BCUT2D eigenvalue weighted by Gasteiger charge is 2.36. The largest absolute Gasteiger partial charge is 0.313 e. The molecule has 2 heteroatoms. The molecule has 2 heterocycles. The molecule has 8 aromatic rings. The second-order valence-corrected chi connectivity index (χ2v) is 15.9. The van der Waals surface area contributed by atoms with Crippen LogP contribution in [0.15, 0.2) is 115 Å². The molecule has 49 heavy (non-hydrogen) atoms. The average Bonchev–Trinajstić information content (AvgIpc) is 3.74. The third kappa shape index (κ3) is 4.10. The van der Waals surface area contributed by atoms with Crippen molar-refractivity contribution in [3.05, 3.63) is 149 Å². The van der Waals surface area contributed by atoms with Crippen molar-refractivity contribution in [2.24, 2.45) is 0 Å². The lowest BCUT2D eigenvalue weighted by Crippen LogP contribution is -2.15. The van der Waals surface area contributed by atoms with Gasteiger partial charge in [-0.05, 0) is 125 Å². The Morgan fingerprint density at radius 3 is 2.24 bits per heavy atom. The lowest BCUT2D eigenvalue weighted by Gasteiger charge is -2.22. The van der Waals surface area contributed by atoms with Crippen LogP contribution in [0.25, 0.3) is 70.1 Å². The van der Waals surface area contributed by atoms with Gasteiger partial charge in [-0.3, -0.25) is 0 Å². The zero-order valence-corrected chi connectivity index (χ0v) is 29.5. The summed E-state index contributed by atoms with van der Waals surface area (Å²) in [4.78, 5) is 0. The number of fused-ring (bicyclic) bond motifs is 9. The second kappa shape index (κ2) is 10.5. The van der Waals surface area contributed by atoms with Crippen LogP contribution in [0, 0.1) is 13.8 Å². The van der Waals surface area contributed by atoms with E-state index >= 15 is 0 Å². The van der Waals surface area contributed by atoms with Crippen molar-refractivity contribution in [2.75, 3.05) is 0 Å². The number of nitrogens with zero attached hydrogens (tertiary/aromatic N) is 1. The van der Waals surface area contributed by atoms with Crippen LogP contribution in [0.3, 0.4) is 0 Å². The highest BCUT2D eigenvalue weighted by atomic mass is 32.1. The van der Waals surface area contributed by atoms with Crippen LogP contribution in [0.1, 0.15) is 60.2 Å². The number of thiophene rings is 1. The molecule has 2 aromatic heterocycles. The van der Waals surface area contributed by atoms with E-state index in [0.717, 1.165) is 12.8 Å². The van der Waals surface area contributed by atoms with Crippen LogP contribution in [-0.4, -0.2) is 4.57 Å². The van der Waals surface area contributed by atoms with E-state index in [1.165, 1.54) is 111 Å². The smallest absolute Gasteiger partial charge is 0.0537 e. The molecule has 0 fully saturated rings. The zero-order valence-electron chi connectivity index (χ0n) is 28.7. The number of aryl methyl sites for hydroxylation is 3. The fourth-order valence-corrected chi connectivity index (χ4v) is 10.5. The molecule has 0 N–H and O–H groups in total. The lowest BCUT2D eigenvalue weighted by molar-refractivity contribution is 0.660. The Kier molecular flexibility index (Phi) is 6.24. The summed E-state index contributed by atoms with van der Waals surface area (Å²) in [6.07, 6.45) is 4.79. The van der Waals surface area contributed by atoms with Crippen molar-refractivity contribution < 1.29 is 0 Å². The van der Waals surface area contributed by atoms with Crippen LogP contribution in [0.2, 0.25) is 0 Å². The van der Waals surface area contributed by atoms with Crippen molar-refractivity contribution in [2.45, 2.75) is 58.8 Å².